The van der Waals surface area contributed by atoms with E-state index in [4.69, 9.17) is 9.47 Å². The maximum Gasteiger partial charge on any atom is 0.341 e. The van der Waals surface area contributed by atoms with Gasteiger partial charge >= 0.3 is 5.97 Å². The molecule has 0 aliphatic heterocycles. The molecule has 0 aliphatic rings. The molecular weight excluding hydrogens is 524 g/mol. The number of benzene rings is 3. The Balaban J connectivity index is 1.47. The average molecular weight is 557 g/mol. The molecule has 3 aromatic carbocycles. The normalized spacial score (nSPS) is 11.4. The SMILES string of the molecule is CCOC(=O)c1c(NC(=O)c2ccc(O[C@@H](C)C(=O)Nc3cccc(C)c3C)cc2)sc(C)c1-c1ccccc1. The fourth-order valence-electron chi connectivity index (χ4n) is 4.22. The highest BCUT2D eigenvalue weighted by atomic mass is 32.1. The first-order valence-electron chi connectivity index (χ1n) is 13.0. The van der Waals surface area contributed by atoms with Crippen LogP contribution < -0.4 is 15.4 Å². The molecule has 1 atom stereocenters. The van der Waals surface area contributed by atoms with Gasteiger partial charge in [0, 0.05) is 21.7 Å². The molecule has 1 aromatic heterocycles. The van der Waals surface area contributed by atoms with E-state index in [0.29, 0.717) is 21.9 Å². The van der Waals surface area contributed by atoms with Crippen LogP contribution in [-0.2, 0) is 9.53 Å². The molecule has 0 saturated carbocycles. The van der Waals surface area contributed by atoms with Gasteiger partial charge in [0.05, 0.1) is 6.61 Å². The number of aryl methyl sites for hydroxylation is 2. The fraction of sp³-hybridized carbons (Fsp3) is 0.219. The number of hydrogen-bond acceptors (Lipinski definition) is 6. The van der Waals surface area contributed by atoms with Crippen LogP contribution in [0.5, 0.6) is 5.75 Å². The van der Waals surface area contributed by atoms with Crippen molar-refractivity contribution in [2.75, 3.05) is 17.2 Å². The van der Waals surface area contributed by atoms with Crippen LogP contribution >= 0.6 is 11.3 Å². The number of rotatable bonds is 9. The Labute approximate surface area is 238 Å². The molecule has 4 rings (SSSR count). The van der Waals surface area contributed by atoms with E-state index in [1.165, 1.54) is 11.3 Å². The highest BCUT2D eigenvalue weighted by molar-refractivity contribution is 7.17. The molecule has 7 nitrogen and oxygen atoms in total. The lowest BCUT2D eigenvalue weighted by atomic mass is 10.0. The maximum absolute atomic E-state index is 13.1. The lowest BCUT2D eigenvalue weighted by Gasteiger charge is -2.16. The monoisotopic (exact) mass is 556 g/mol. The predicted octanol–water partition coefficient (Wildman–Crippen LogP) is 7.18. The van der Waals surface area contributed by atoms with Crippen LogP contribution in [0.25, 0.3) is 11.1 Å². The van der Waals surface area contributed by atoms with Gasteiger partial charge in [0.15, 0.2) is 6.10 Å². The highest BCUT2D eigenvalue weighted by Crippen LogP contribution is 2.40. The summed E-state index contributed by atoms with van der Waals surface area (Å²) in [6.45, 7) is 9.49. The average Bonchev–Trinajstić information content (AvgIpc) is 3.27. The molecule has 0 spiro atoms. The van der Waals surface area contributed by atoms with Crippen molar-refractivity contribution >= 4 is 39.8 Å². The van der Waals surface area contributed by atoms with Gasteiger partial charge in [0.2, 0.25) is 0 Å². The molecule has 4 aromatic rings. The number of carbonyl (C=O) groups is 3. The van der Waals surface area contributed by atoms with Gasteiger partial charge in [-0.05, 0) is 81.6 Å². The first kappa shape index (κ1) is 28.6. The topological polar surface area (TPSA) is 93.7 Å². The number of anilines is 2. The minimum absolute atomic E-state index is 0.220. The Kier molecular flexibility index (Phi) is 9.01. The van der Waals surface area contributed by atoms with Crippen molar-refractivity contribution in [1.29, 1.82) is 0 Å². The maximum atomic E-state index is 13.1. The number of thiophene rings is 1. The molecule has 0 fully saturated rings. The lowest BCUT2D eigenvalue weighted by molar-refractivity contribution is -0.122. The van der Waals surface area contributed by atoms with Crippen LogP contribution in [0.15, 0.2) is 72.8 Å². The van der Waals surface area contributed by atoms with Crippen molar-refractivity contribution < 1.29 is 23.9 Å². The van der Waals surface area contributed by atoms with Crippen molar-refractivity contribution in [3.63, 3.8) is 0 Å². The van der Waals surface area contributed by atoms with E-state index in [1.54, 1.807) is 38.1 Å². The first-order chi connectivity index (χ1) is 19.2. The fourth-order valence-corrected chi connectivity index (χ4v) is 5.28. The number of amides is 2. The second kappa shape index (κ2) is 12.6. The molecule has 206 valence electrons. The lowest BCUT2D eigenvalue weighted by Crippen LogP contribution is -2.30. The zero-order valence-corrected chi connectivity index (χ0v) is 24.0. The van der Waals surface area contributed by atoms with Crippen LogP contribution in [0.1, 0.15) is 50.6 Å². The third kappa shape index (κ3) is 6.40. The van der Waals surface area contributed by atoms with Gasteiger partial charge in [0.1, 0.15) is 16.3 Å². The number of carbonyl (C=O) groups excluding carboxylic acids is 3. The molecule has 0 unspecified atom stereocenters. The second-order valence-electron chi connectivity index (χ2n) is 9.30. The van der Waals surface area contributed by atoms with Gasteiger partial charge in [-0.3, -0.25) is 9.59 Å². The van der Waals surface area contributed by atoms with E-state index >= 15 is 0 Å². The molecule has 2 N–H and O–H groups in total. The summed E-state index contributed by atoms with van der Waals surface area (Å²) < 4.78 is 11.1. The summed E-state index contributed by atoms with van der Waals surface area (Å²) in [6, 6.07) is 21.8. The van der Waals surface area contributed by atoms with Gasteiger partial charge in [-0.25, -0.2) is 4.79 Å². The standard InChI is InChI=1S/C32H32N2O5S/c1-6-38-32(37)28-27(23-12-8-7-9-13-23)22(5)40-31(28)34-30(36)24-15-17-25(18-16-24)39-21(4)29(35)33-26-14-10-11-19(2)20(26)3/h7-18,21H,6H2,1-5H3,(H,33,35)(H,34,36)/t21-/m0/s1. The molecule has 2 amide bonds. The minimum atomic E-state index is -0.753. The van der Waals surface area contributed by atoms with Crippen molar-refractivity contribution in [2.45, 2.75) is 40.7 Å². The smallest absolute Gasteiger partial charge is 0.341 e. The zero-order chi connectivity index (χ0) is 28.8. The van der Waals surface area contributed by atoms with E-state index in [1.807, 2.05) is 69.3 Å². The Morgan fingerprint density at radius 2 is 1.57 bits per heavy atom. The summed E-state index contributed by atoms with van der Waals surface area (Å²) in [5.41, 5.74) is 5.17. The van der Waals surface area contributed by atoms with Gasteiger partial charge in [-0.2, -0.15) is 0 Å². The molecule has 0 radical (unpaired) electrons. The predicted molar refractivity (Wildman–Crippen MR) is 159 cm³/mol. The minimum Gasteiger partial charge on any atom is -0.481 e. The highest BCUT2D eigenvalue weighted by Gasteiger charge is 2.26. The van der Waals surface area contributed by atoms with E-state index in [2.05, 4.69) is 10.6 Å². The van der Waals surface area contributed by atoms with Crippen LogP contribution in [-0.4, -0.2) is 30.5 Å². The molecule has 1 heterocycles. The van der Waals surface area contributed by atoms with E-state index in [0.717, 1.165) is 32.8 Å². The summed E-state index contributed by atoms with van der Waals surface area (Å²) in [7, 11) is 0. The molecule has 0 saturated heterocycles. The summed E-state index contributed by atoms with van der Waals surface area (Å²) in [4.78, 5) is 39.7. The molecule has 0 bridgehead atoms. The van der Waals surface area contributed by atoms with Gasteiger partial charge in [0.25, 0.3) is 11.8 Å². The molecule has 8 heteroatoms. The molecular formula is C32H32N2O5S. The third-order valence-corrected chi connectivity index (χ3v) is 7.54. The quantitative estimate of drug-likeness (QED) is 0.213. The summed E-state index contributed by atoms with van der Waals surface area (Å²) in [5, 5.41) is 6.22. The number of nitrogens with one attached hydrogen (secondary N) is 2. The van der Waals surface area contributed by atoms with E-state index in [9.17, 15) is 14.4 Å². The second-order valence-corrected chi connectivity index (χ2v) is 10.5. The van der Waals surface area contributed by atoms with Crippen molar-refractivity contribution in [2.24, 2.45) is 0 Å². The number of esters is 1. The summed E-state index contributed by atoms with van der Waals surface area (Å²) in [5.74, 6) is -0.688. The Bertz CT molecular complexity index is 1530. The molecule has 40 heavy (non-hydrogen) atoms. The Hall–Kier alpha value is -4.43. The van der Waals surface area contributed by atoms with E-state index < -0.39 is 12.1 Å². The van der Waals surface area contributed by atoms with Crippen LogP contribution in [0.3, 0.4) is 0 Å². The molecule has 0 aliphatic carbocycles. The van der Waals surface area contributed by atoms with Gasteiger partial charge in [-0.15, -0.1) is 11.3 Å². The van der Waals surface area contributed by atoms with E-state index in [-0.39, 0.29) is 18.4 Å². The zero-order valence-electron chi connectivity index (χ0n) is 23.2. The Morgan fingerprint density at radius 3 is 2.25 bits per heavy atom. The van der Waals surface area contributed by atoms with Crippen LogP contribution in [0, 0.1) is 20.8 Å². The van der Waals surface area contributed by atoms with Crippen molar-refractivity contribution in [3.8, 4) is 16.9 Å². The van der Waals surface area contributed by atoms with Crippen LogP contribution in [0.4, 0.5) is 10.7 Å². The van der Waals surface area contributed by atoms with Crippen molar-refractivity contribution in [3.05, 3.63) is 99.9 Å². The largest absolute Gasteiger partial charge is 0.481 e. The summed E-state index contributed by atoms with van der Waals surface area (Å²) in [6.07, 6.45) is -0.753. The van der Waals surface area contributed by atoms with Gasteiger partial charge in [-0.1, -0.05) is 42.5 Å². The van der Waals surface area contributed by atoms with Gasteiger partial charge < -0.3 is 20.1 Å². The third-order valence-electron chi connectivity index (χ3n) is 6.51. The van der Waals surface area contributed by atoms with Crippen molar-refractivity contribution in [1.82, 2.24) is 0 Å². The number of ether oxygens (including phenoxy) is 2. The number of hydrogen-bond donors (Lipinski definition) is 2. The first-order valence-corrected chi connectivity index (χ1v) is 13.8. The summed E-state index contributed by atoms with van der Waals surface area (Å²) >= 11 is 1.33. The Morgan fingerprint density at radius 1 is 0.875 bits per heavy atom. The van der Waals surface area contributed by atoms with Crippen LogP contribution in [0.2, 0.25) is 0 Å².